The molecule has 4 radical (unpaired) electrons. The Morgan fingerprint density at radius 1 is 0.833 bits per heavy atom. The van der Waals surface area contributed by atoms with Crippen LogP contribution in [0.5, 0.6) is 0 Å². The van der Waals surface area contributed by atoms with Crippen LogP contribution in [0.25, 0.3) is 0 Å². The van der Waals surface area contributed by atoms with Gasteiger partial charge in [0.05, 0.1) is 0 Å². The number of rotatable bonds is 0. The molecule has 6 heteroatoms. The van der Waals surface area contributed by atoms with Crippen molar-refractivity contribution in [2.75, 3.05) is 0 Å². The molecular formula is Cl4PbSi. The average Bonchev–Trinajstić information content (AvgIpc) is 0.722. The van der Waals surface area contributed by atoms with Crippen LogP contribution in [0.15, 0.2) is 0 Å². The summed E-state index contributed by atoms with van der Waals surface area (Å²) in [5.41, 5.74) is 0. The quantitative estimate of drug-likeness (QED) is 0.448. The van der Waals surface area contributed by atoms with Crippen molar-refractivity contribution >= 4 is 76.9 Å². The molecule has 0 heterocycles. The Hall–Kier alpha value is 2.30. The summed E-state index contributed by atoms with van der Waals surface area (Å²) in [5, 5.41) is -2.72. The van der Waals surface area contributed by atoms with Crippen LogP contribution in [-0.2, 0) is 0 Å². The second-order valence-electron chi connectivity index (χ2n) is 0.429. The van der Waals surface area contributed by atoms with E-state index in [4.69, 9.17) is 44.3 Å². The Morgan fingerprint density at radius 3 is 0.833 bits per heavy atom. The second kappa shape index (κ2) is 4.20. The summed E-state index contributed by atoms with van der Waals surface area (Å²) in [6.07, 6.45) is 0. The molecule has 0 bridgehead atoms. The summed E-state index contributed by atoms with van der Waals surface area (Å²) >= 11 is 19.9. The molecule has 0 aromatic heterocycles. The summed E-state index contributed by atoms with van der Waals surface area (Å²) < 4.78 is 0. The van der Waals surface area contributed by atoms with Gasteiger partial charge in [0.1, 0.15) is 0 Å². The first-order chi connectivity index (χ1) is 2.00. The number of hydrogen-bond donors (Lipinski definition) is 0. The smallest absolute Gasteiger partial charge is 0.110 e. The molecule has 0 aliphatic rings. The van der Waals surface area contributed by atoms with Crippen LogP contribution in [0, 0.1) is 0 Å². The Labute approximate surface area is 76.1 Å². The van der Waals surface area contributed by atoms with Crippen LogP contribution in [0.2, 0.25) is 0 Å². The molecule has 0 N–H and O–H groups in total. The Balaban J connectivity index is 0. The van der Waals surface area contributed by atoms with Gasteiger partial charge in [0.2, 0.25) is 0 Å². The summed E-state index contributed by atoms with van der Waals surface area (Å²) in [4.78, 5) is 0. The maximum Gasteiger partial charge on any atom is 0.440 e. The molecule has 0 spiro atoms. The Bertz CT molecular complexity index is 23.0. The van der Waals surface area contributed by atoms with E-state index >= 15 is 0 Å². The molecule has 0 nitrogen and oxygen atoms in total. The zero-order chi connectivity index (χ0) is 4.50. The van der Waals surface area contributed by atoms with Crippen molar-refractivity contribution in [3.63, 3.8) is 0 Å². The molecule has 0 aromatic carbocycles. The van der Waals surface area contributed by atoms with E-state index in [9.17, 15) is 0 Å². The molecule has 0 rings (SSSR count). The van der Waals surface area contributed by atoms with Crippen molar-refractivity contribution < 1.29 is 0 Å². The minimum absolute atomic E-state index is 0. The first kappa shape index (κ1) is 11.1. The number of hydrogen-bond acceptors (Lipinski definition) is 0. The van der Waals surface area contributed by atoms with Gasteiger partial charge in [-0.1, -0.05) is 0 Å². The van der Waals surface area contributed by atoms with E-state index in [1.54, 1.807) is 0 Å². The normalized spacial score (nSPS) is 10.0. The van der Waals surface area contributed by atoms with Crippen LogP contribution in [0.1, 0.15) is 0 Å². The molecule has 0 aliphatic carbocycles. The molecule has 0 fully saturated rings. The zero-order valence-electron chi connectivity index (χ0n) is 2.51. The molecule has 0 aromatic rings. The summed E-state index contributed by atoms with van der Waals surface area (Å²) in [6, 6.07) is 0. The number of halogens is 4. The van der Waals surface area contributed by atoms with Gasteiger partial charge in [-0.25, -0.2) is 0 Å². The van der Waals surface area contributed by atoms with E-state index in [2.05, 4.69) is 0 Å². The summed E-state index contributed by atoms with van der Waals surface area (Å²) in [7, 11) is 0. The van der Waals surface area contributed by atoms with Crippen LogP contribution in [-0.4, -0.2) is 32.6 Å². The average molecular weight is 377 g/mol. The van der Waals surface area contributed by atoms with Gasteiger partial charge in [0.15, 0.2) is 0 Å². The van der Waals surface area contributed by atoms with E-state index in [1.807, 2.05) is 0 Å². The van der Waals surface area contributed by atoms with Gasteiger partial charge in [-0.05, 0) is 0 Å². The van der Waals surface area contributed by atoms with Gasteiger partial charge in [0.25, 0.3) is 0 Å². The van der Waals surface area contributed by atoms with Crippen molar-refractivity contribution in [2.45, 2.75) is 0 Å². The van der Waals surface area contributed by atoms with E-state index in [-0.39, 0.29) is 27.3 Å². The fourth-order valence-electron chi connectivity index (χ4n) is 0. The zero-order valence-corrected chi connectivity index (χ0v) is 10.4. The maximum atomic E-state index is 4.97. The molecule has 36 valence electrons. The molecule has 0 saturated heterocycles. The van der Waals surface area contributed by atoms with Crippen molar-refractivity contribution in [3.8, 4) is 0 Å². The molecule has 0 amide bonds. The first-order valence-electron chi connectivity index (χ1n) is 0.756. The monoisotopic (exact) mass is 376 g/mol. The fourth-order valence-corrected chi connectivity index (χ4v) is 0. The Kier molecular flexibility index (Phi) is 7.81. The minimum Gasteiger partial charge on any atom is -0.110 e. The van der Waals surface area contributed by atoms with E-state index in [0.717, 1.165) is 0 Å². The minimum atomic E-state index is -2.72. The van der Waals surface area contributed by atoms with Crippen molar-refractivity contribution in [1.29, 1.82) is 0 Å². The Morgan fingerprint density at radius 2 is 0.833 bits per heavy atom. The van der Waals surface area contributed by atoms with Gasteiger partial charge < -0.3 is 0 Å². The summed E-state index contributed by atoms with van der Waals surface area (Å²) in [5.74, 6) is 0. The van der Waals surface area contributed by atoms with Gasteiger partial charge in [-0.2, -0.15) is 0 Å². The van der Waals surface area contributed by atoms with Crippen molar-refractivity contribution in [1.82, 2.24) is 0 Å². The van der Waals surface area contributed by atoms with Crippen LogP contribution >= 0.6 is 44.3 Å². The molecule has 0 atom stereocenters. The van der Waals surface area contributed by atoms with Crippen LogP contribution < -0.4 is 0 Å². The molecular weight excluding hydrogens is 377 g/mol. The van der Waals surface area contributed by atoms with Crippen LogP contribution in [0.4, 0.5) is 0 Å². The SMILES string of the molecule is Cl[Si](Cl)(Cl)Cl.[Pb]. The third kappa shape index (κ3) is 33.5. The van der Waals surface area contributed by atoms with Gasteiger partial charge in [0, 0.05) is 27.3 Å². The second-order valence-corrected chi connectivity index (χ2v) is 11.6. The van der Waals surface area contributed by atoms with Crippen molar-refractivity contribution in [3.05, 3.63) is 0 Å². The molecule has 0 aliphatic heterocycles. The van der Waals surface area contributed by atoms with Gasteiger partial charge in [-0.3, -0.25) is 0 Å². The third-order valence-electron chi connectivity index (χ3n) is 0. The molecule has 0 saturated carbocycles. The van der Waals surface area contributed by atoms with E-state index in [0.29, 0.717) is 0 Å². The van der Waals surface area contributed by atoms with E-state index in [1.165, 1.54) is 0 Å². The van der Waals surface area contributed by atoms with E-state index < -0.39 is 5.31 Å². The predicted octanol–water partition coefficient (Wildman–Crippen LogP) is 2.00. The van der Waals surface area contributed by atoms with Gasteiger partial charge in [-0.15, -0.1) is 44.3 Å². The summed E-state index contributed by atoms with van der Waals surface area (Å²) in [6.45, 7) is 0. The molecule has 6 heavy (non-hydrogen) atoms. The fraction of sp³-hybridized carbons (Fsp3) is 0. The maximum absolute atomic E-state index is 4.97. The van der Waals surface area contributed by atoms with Crippen molar-refractivity contribution in [2.24, 2.45) is 0 Å². The first-order valence-corrected chi connectivity index (χ1v) is 6.80. The standard InChI is InChI=1S/Cl4Si.Pb/c1-5(2,3)4;. The van der Waals surface area contributed by atoms with Crippen LogP contribution in [0.3, 0.4) is 0 Å². The topological polar surface area (TPSA) is 0 Å². The third-order valence-corrected chi connectivity index (χ3v) is 0. The largest absolute Gasteiger partial charge is 0.440 e. The molecule has 0 unspecified atom stereocenters. The van der Waals surface area contributed by atoms with Gasteiger partial charge >= 0.3 is 5.31 Å². The predicted molar refractivity (Wildman–Crippen MR) is 34.9 cm³/mol.